The van der Waals surface area contributed by atoms with Crippen LogP contribution in [0.2, 0.25) is 0 Å². The second-order valence-electron chi connectivity index (χ2n) is 7.59. The highest BCUT2D eigenvalue weighted by Gasteiger charge is 2.29. The van der Waals surface area contributed by atoms with Crippen LogP contribution in [-0.2, 0) is 11.3 Å². The molecule has 1 unspecified atom stereocenters. The maximum absolute atomic E-state index is 6.08. The maximum atomic E-state index is 6.08. The van der Waals surface area contributed by atoms with Crippen LogP contribution in [0.4, 0.5) is 0 Å². The highest BCUT2D eigenvalue weighted by molar-refractivity contribution is 8.00. The van der Waals surface area contributed by atoms with Gasteiger partial charge >= 0.3 is 0 Å². The summed E-state index contributed by atoms with van der Waals surface area (Å²) >= 11 is 2.06. The Hall–Kier alpha value is -1.44. The Kier molecular flexibility index (Phi) is 8.30. The Balaban J connectivity index is 1.45. The largest absolute Gasteiger partial charge is 0.492 e. The van der Waals surface area contributed by atoms with Crippen molar-refractivity contribution in [3.8, 4) is 5.75 Å². The third kappa shape index (κ3) is 6.57. The quantitative estimate of drug-likeness (QED) is 0.511. The van der Waals surface area contributed by atoms with E-state index in [1.54, 1.807) is 0 Å². The minimum Gasteiger partial charge on any atom is -0.492 e. The van der Waals surface area contributed by atoms with Gasteiger partial charge in [0, 0.05) is 50.1 Å². The summed E-state index contributed by atoms with van der Waals surface area (Å²) in [7, 11) is 1.82. The van der Waals surface area contributed by atoms with E-state index in [1.807, 2.05) is 19.2 Å². The summed E-state index contributed by atoms with van der Waals surface area (Å²) in [6.07, 6.45) is 2.57. The third-order valence-corrected chi connectivity index (χ3v) is 6.88. The van der Waals surface area contributed by atoms with Gasteiger partial charge in [-0.3, -0.25) is 9.89 Å². The highest BCUT2D eigenvalue weighted by atomic mass is 32.2. The van der Waals surface area contributed by atoms with Crippen molar-refractivity contribution >= 4 is 17.7 Å². The van der Waals surface area contributed by atoms with Gasteiger partial charge in [-0.2, -0.15) is 11.8 Å². The summed E-state index contributed by atoms with van der Waals surface area (Å²) in [6, 6.07) is 8.23. The van der Waals surface area contributed by atoms with Gasteiger partial charge in [0.1, 0.15) is 12.4 Å². The van der Waals surface area contributed by atoms with Crippen LogP contribution in [0.3, 0.4) is 0 Å². The Bertz CT molecular complexity index is 629. The number of guanidine groups is 1. The lowest BCUT2D eigenvalue weighted by Crippen LogP contribution is -2.43. The Morgan fingerprint density at radius 3 is 2.86 bits per heavy atom. The molecule has 0 aromatic heterocycles. The first-order valence-corrected chi connectivity index (χ1v) is 11.3. The van der Waals surface area contributed by atoms with Crippen molar-refractivity contribution in [2.45, 2.75) is 31.1 Å². The maximum Gasteiger partial charge on any atom is 0.191 e. The molecule has 0 bridgehead atoms. The van der Waals surface area contributed by atoms with Crippen molar-refractivity contribution in [3.05, 3.63) is 29.8 Å². The normalized spacial score (nSPS) is 23.6. The number of ether oxygens (including phenoxy) is 2. The number of para-hydroxylation sites is 1. The van der Waals surface area contributed by atoms with E-state index in [-0.39, 0.29) is 0 Å². The van der Waals surface area contributed by atoms with Gasteiger partial charge in [-0.25, -0.2) is 0 Å². The molecule has 0 aliphatic carbocycles. The topological polar surface area (TPSA) is 58.1 Å². The molecular formula is C21H34N4O2S. The van der Waals surface area contributed by atoms with Crippen molar-refractivity contribution in [1.82, 2.24) is 15.5 Å². The van der Waals surface area contributed by atoms with Crippen LogP contribution in [0.15, 0.2) is 29.3 Å². The number of rotatable bonds is 8. The average Bonchev–Trinajstić information content (AvgIpc) is 3.16. The lowest BCUT2D eigenvalue weighted by molar-refractivity contribution is 0.0322. The first-order chi connectivity index (χ1) is 13.7. The van der Waals surface area contributed by atoms with Crippen LogP contribution in [0.5, 0.6) is 5.75 Å². The lowest BCUT2D eigenvalue weighted by Gasteiger charge is -2.26. The fourth-order valence-corrected chi connectivity index (χ4v) is 4.79. The summed E-state index contributed by atoms with van der Waals surface area (Å²) in [5, 5.41) is 6.92. The smallest absolute Gasteiger partial charge is 0.191 e. The summed E-state index contributed by atoms with van der Waals surface area (Å²) in [5.41, 5.74) is 1.15. The fraction of sp³-hybridized carbons (Fsp3) is 0.667. The van der Waals surface area contributed by atoms with E-state index in [9.17, 15) is 0 Å². The Morgan fingerprint density at radius 2 is 2.11 bits per heavy atom. The molecule has 0 saturated carbocycles. The number of benzene rings is 1. The molecule has 0 spiro atoms. The van der Waals surface area contributed by atoms with Crippen LogP contribution in [0.25, 0.3) is 0 Å². The molecule has 2 saturated heterocycles. The van der Waals surface area contributed by atoms with E-state index in [0.29, 0.717) is 17.9 Å². The molecule has 2 heterocycles. The summed E-state index contributed by atoms with van der Waals surface area (Å²) in [6.45, 7) is 9.23. The van der Waals surface area contributed by atoms with Gasteiger partial charge in [-0.15, -0.1) is 0 Å². The number of nitrogens with one attached hydrogen (secondary N) is 2. The molecule has 156 valence electrons. The monoisotopic (exact) mass is 406 g/mol. The molecule has 2 fully saturated rings. The molecule has 3 rings (SSSR count). The van der Waals surface area contributed by atoms with E-state index >= 15 is 0 Å². The van der Waals surface area contributed by atoms with Crippen molar-refractivity contribution in [1.29, 1.82) is 0 Å². The third-order valence-electron chi connectivity index (χ3n) is 5.34. The molecule has 0 amide bonds. The minimum atomic E-state index is 0.318. The number of aliphatic imine (C=N–C) groups is 1. The van der Waals surface area contributed by atoms with Gasteiger partial charge in [0.15, 0.2) is 5.96 Å². The first kappa shape index (κ1) is 21.3. The van der Waals surface area contributed by atoms with Crippen LogP contribution in [0, 0.1) is 0 Å². The number of thioether (sulfide) groups is 1. The second kappa shape index (κ2) is 10.9. The van der Waals surface area contributed by atoms with E-state index in [0.717, 1.165) is 56.7 Å². The standard InChI is InChI=1S/C21H34N4O2S/c1-21(8-5-15-28-21)17-24-20(22-2)23-16-18-6-3-4-7-19(18)27-14-11-25-9-12-26-13-10-25/h3-4,6-7H,5,8-17H2,1-2H3,(H2,22,23,24). The summed E-state index contributed by atoms with van der Waals surface area (Å²) < 4.78 is 11.8. The molecule has 1 aromatic carbocycles. The van der Waals surface area contributed by atoms with Crippen LogP contribution in [-0.4, -0.2) is 74.4 Å². The Morgan fingerprint density at radius 1 is 1.29 bits per heavy atom. The second-order valence-corrected chi connectivity index (χ2v) is 9.27. The molecule has 6 nitrogen and oxygen atoms in total. The van der Waals surface area contributed by atoms with Crippen molar-refractivity contribution in [2.24, 2.45) is 4.99 Å². The number of morpholine rings is 1. The average molecular weight is 407 g/mol. The van der Waals surface area contributed by atoms with E-state index in [4.69, 9.17) is 9.47 Å². The van der Waals surface area contributed by atoms with Gasteiger partial charge in [0.05, 0.1) is 13.2 Å². The number of nitrogens with zero attached hydrogens (tertiary/aromatic N) is 2. The van der Waals surface area contributed by atoms with Gasteiger partial charge in [0.2, 0.25) is 0 Å². The zero-order chi connectivity index (χ0) is 19.7. The molecule has 2 N–H and O–H groups in total. The predicted octanol–water partition coefficient (Wildman–Crippen LogP) is 2.35. The molecule has 28 heavy (non-hydrogen) atoms. The SMILES string of the molecule is CN=C(NCc1ccccc1OCCN1CCOCC1)NCC1(C)CCCS1. The highest BCUT2D eigenvalue weighted by Crippen LogP contribution is 2.36. The predicted molar refractivity (Wildman–Crippen MR) is 117 cm³/mol. The van der Waals surface area contributed by atoms with Crippen LogP contribution in [0.1, 0.15) is 25.3 Å². The van der Waals surface area contributed by atoms with Gasteiger partial charge in [-0.05, 0) is 31.6 Å². The van der Waals surface area contributed by atoms with E-state index in [1.165, 1.54) is 18.6 Å². The van der Waals surface area contributed by atoms with E-state index in [2.05, 4.69) is 51.3 Å². The molecule has 1 atom stereocenters. The molecule has 2 aliphatic rings. The number of hydrogen-bond acceptors (Lipinski definition) is 5. The molecule has 7 heteroatoms. The molecule has 2 aliphatic heterocycles. The van der Waals surface area contributed by atoms with Crippen molar-refractivity contribution in [3.63, 3.8) is 0 Å². The van der Waals surface area contributed by atoms with Crippen molar-refractivity contribution < 1.29 is 9.47 Å². The summed E-state index contributed by atoms with van der Waals surface area (Å²) in [4.78, 5) is 6.76. The van der Waals surface area contributed by atoms with Crippen LogP contribution < -0.4 is 15.4 Å². The van der Waals surface area contributed by atoms with Gasteiger partial charge < -0.3 is 20.1 Å². The molecule has 0 radical (unpaired) electrons. The lowest BCUT2D eigenvalue weighted by atomic mass is 10.1. The minimum absolute atomic E-state index is 0.318. The zero-order valence-corrected chi connectivity index (χ0v) is 18.0. The fourth-order valence-electron chi connectivity index (χ4n) is 3.55. The molecule has 1 aromatic rings. The Labute approximate surface area is 173 Å². The van der Waals surface area contributed by atoms with E-state index < -0.39 is 0 Å². The zero-order valence-electron chi connectivity index (χ0n) is 17.2. The summed E-state index contributed by atoms with van der Waals surface area (Å²) in [5.74, 6) is 3.05. The van der Waals surface area contributed by atoms with Gasteiger partial charge in [-0.1, -0.05) is 18.2 Å². The first-order valence-electron chi connectivity index (χ1n) is 10.3. The number of hydrogen-bond donors (Lipinski definition) is 2. The van der Waals surface area contributed by atoms with Crippen molar-refractivity contribution in [2.75, 3.05) is 58.8 Å². The van der Waals surface area contributed by atoms with Gasteiger partial charge in [0.25, 0.3) is 0 Å². The molecular weight excluding hydrogens is 372 g/mol. The van der Waals surface area contributed by atoms with Crippen LogP contribution >= 0.6 is 11.8 Å².